The van der Waals surface area contributed by atoms with Crippen molar-refractivity contribution in [3.8, 4) is 0 Å². The van der Waals surface area contributed by atoms with Crippen LogP contribution in [0.15, 0.2) is 24.3 Å². The SMILES string of the molecule is CC1CN(C)CCCN1c1ccc(CNC(C)(C)C)cc1. The van der Waals surface area contributed by atoms with E-state index in [0.29, 0.717) is 6.04 Å². The average Bonchev–Trinajstić information content (AvgIpc) is 2.57. The summed E-state index contributed by atoms with van der Waals surface area (Å²) >= 11 is 0. The molecule has 0 bridgehead atoms. The minimum absolute atomic E-state index is 0.169. The molecule has 0 radical (unpaired) electrons. The van der Waals surface area contributed by atoms with E-state index in [0.717, 1.165) is 19.6 Å². The van der Waals surface area contributed by atoms with Crippen LogP contribution < -0.4 is 10.2 Å². The van der Waals surface area contributed by atoms with E-state index in [2.05, 4.69) is 74.1 Å². The van der Waals surface area contributed by atoms with Crippen molar-refractivity contribution in [1.29, 1.82) is 0 Å². The summed E-state index contributed by atoms with van der Waals surface area (Å²) in [6.07, 6.45) is 1.24. The molecule has 0 saturated carbocycles. The van der Waals surface area contributed by atoms with Crippen LogP contribution in [0.25, 0.3) is 0 Å². The molecular weight excluding hydrogens is 258 g/mol. The van der Waals surface area contributed by atoms with Crippen LogP contribution in [0.5, 0.6) is 0 Å². The smallest absolute Gasteiger partial charge is 0.0388 e. The van der Waals surface area contributed by atoms with Gasteiger partial charge in [-0.1, -0.05) is 12.1 Å². The Bertz CT molecular complexity index is 433. The van der Waals surface area contributed by atoms with Crippen LogP contribution in [-0.2, 0) is 6.54 Å². The maximum atomic E-state index is 3.54. The molecule has 3 nitrogen and oxygen atoms in total. The van der Waals surface area contributed by atoms with E-state index in [-0.39, 0.29) is 5.54 Å². The molecule has 118 valence electrons. The molecule has 0 aromatic heterocycles. The Kier molecular flexibility index (Phi) is 5.28. The molecule has 1 N–H and O–H groups in total. The predicted octanol–water partition coefficient (Wildman–Crippen LogP) is 3.11. The quantitative estimate of drug-likeness (QED) is 0.922. The van der Waals surface area contributed by atoms with Crippen LogP contribution >= 0.6 is 0 Å². The van der Waals surface area contributed by atoms with Gasteiger partial charge in [0.15, 0.2) is 0 Å². The Morgan fingerprint density at radius 2 is 1.81 bits per heavy atom. The highest BCUT2D eigenvalue weighted by molar-refractivity contribution is 5.48. The number of hydrogen-bond donors (Lipinski definition) is 1. The molecule has 21 heavy (non-hydrogen) atoms. The second-order valence-electron chi connectivity index (χ2n) is 7.43. The Morgan fingerprint density at radius 3 is 2.43 bits per heavy atom. The van der Waals surface area contributed by atoms with E-state index >= 15 is 0 Å². The fourth-order valence-corrected chi connectivity index (χ4v) is 2.93. The molecule has 0 aliphatic carbocycles. The summed E-state index contributed by atoms with van der Waals surface area (Å²) in [5, 5.41) is 3.54. The highest BCUT2D eigenvalue weighted by Crippen LogP contribution is 2.21. The fourth-order valence-electron chi connectivity index (χ4n) is 2.93. The largest absolute Gasteiger partial charge is 0.367 e. The topological polar surface area (TPSA) is 18.5 Å². The minimum Gasteiger partial charge on any atom is -0.367 e. The van der Waals surface area contributed by atoms with Gasteiger partial charge in [0.05, 0.1) is 0 Å². The third-order valence-electron chi connectivity index (χ3n) is 4.14. The van der Waals surface area contributed by atoms with E-state index in [9.17, 15) is 0 Å². The molecule has 1 fully saturated rings. The van der Waals surface area contributed by atoms with Crippen molar-refractivity contribution in [3.63, 3.8) is 0 Å². The monoisotopic (exact) mass is 289 g/mol. The Morgan fingerprint density at radius 1 is 1.14 bits per heavy atom. The van der Waals surface area contributed by atoms with Crippen molar-refractivity contribution < 1.29 is 0 Å². The van der Waals surface area contributed by atoms with Crippen molar-refractivity contribution in [2.45, 2.75) is 52.2 Å². The number of likely N-dealkylation sites (N-methyl/N-ethyl adjacent to an activating group) is 1. The van der Waals surface area contributed by atoms with Crippen molar-refractivity contribution in [1.82, 2.24) is 10.2 Å². The van der Waals surface area contributed by atoms with Gasteiger partial charge in [-0.3, -0.25) is 0 Å². The molecule has 1 aromatic rings. The summed E-state index contributed by atoms with van der Waals surface area (Å²) in [6.45, 7) is 13.4. The van der Waals surface area contributed by atoms with Gasteiger partial charge in [-0.2, -0.15) is 0 Å². The second kappa shape index (κ2) is 6.80. The third-order valence-corrected chi connectivity index (χ3v) is 4.14. The normalized spacial score (nSPS) is 21.4. The lowest BCUT2D eigenvalue weighted by atomic mass is 10.1. The van der Waals surface area contributed by atoms with Gasteiger partial charge in [-0.25, -0.2) is 0 Å². The van der Waals surface area contributed by atoms with E-state index in [1.54, 1.807) is 0 Å². The minimum atomic E-state index is 0.169. The second-order valence-corrected chi connectivity index (χ2v) is 7.43. The van der Waals surface area contributed by atoms with Crippen LogP contribution in [0, 0.1) is 0 Å². The maximum Gasteiger partial charge on any atom is 0.0388 e. The molecule has 2 rings (SSSR count). The number of benzene rings is 1. The number of rotatable bonds is 3. The first kappa shape index (κ1) is 16.3. The van der Waals surface area contributed by atoms with E-state index in [4.69, 9.17) is 0 Å². The predicted molar refractivity (Wildman–Crippen MR) is 92.0 cm³/mol. The number of nitrogens with one attached hydrogen (secondary N) is 1. The zero-order valence-corrected chi connectivity index (χ0v) is 14.3. The highest BCUT2D eigenvalue weighted by Gasteiger charge is 2.19. The van der Waals surface area contributed by atoms with Crippen molar-refractivity contribution >= 4 is 5.69 Å². The number of anilines is 1. The van der Waals surface area contributed by atoms with Gasteiger partial charge in [0.1, 0.15) is 0 Å². The van der Waals surface area contributed by atoms with Crippen molar-refractivity contribution in [2.75, 3.05) is 31.6 Å². The molecule has 1 aliphatic heterocycles. The molecule has 0 spiro atoms. The highest BCUT2D eigenvalue weighted by atomic mass is 15.2. The summed E-state index contributed by atoms with van der Waals surface area (Å²) in [6, 6.07) is 9.66. The van der Waals surface area contributed by atoms with Gasteiger partial charge < -0.3 is 15.1 Å². The fraction of sp³-hybridized carbons (Fsp3) is 0.667. The Hall–Kier alpha value is -1.06. The van der Waals surface area contributed by atoms with Crippen LogP contribution in [0.1, 0.15) is 39.7 Å². The molecule has 0 amide bonds. The Balaban J connectivity index is 2.01. The van der Waals surface area contributed by atoms with Gasteiger partial charge >= 0.3 is 0 Å². The molecule has 1 heterocycles. The van der Waals surface area contributed by atoms with Crippen molar-refractivity contribution in [2.24, 2.45) is 0 Å². The molecule has 1 aliphatic rings. The van der Waals surface area contributed by atoms with Gasteiger partial charge in [0.25, 0.3) is 0 Å². The number of nitrogens with zero attached hydrogens (tertiary/aromatic N) is 2. The zero-order chi connectivity index (χ0) is 15.5. The van der Waals surface area contributed by atoms with E-state index in [1.165, 1.54) is 24.2 Å². The standard InChI is InChI=1S/C18H31N3/c1-15-14-20(5)11-6-12-21(15)17-9-7-16(8-10-17)13-19-18(2,3)4/h7-10,15,19H,6,11-14H2,1-5H3. The van der Waals surface area contributed by atoms with E-state index in [1.807, 2.05) is 0 Å². The van der Waals surface area contributed by atoms with Crippen LogP contribution in [0.3, 0.4) is 0 Å². The summed E-state index contributed by atoms with van der Waals surface area (Å²) in [5.41, 5.74) is 2.88. The van der Waals surface area contributed by atoms with Crippen LogP contribution in [0.4, 0.5) is 5.69 Å². The summed E-state index contributed by atoms with van der Waals surface area (Å²) in [7, 11) is 2.22. The van der Waals surface area contributed by atoms with Gasteiger partial charge in [-0.05, 0) is 65.4 Å². The third kappa shape index (κ3) is 5.01. The average molecular weight is 289 g/mol. The first-order valence-electron chi connectivity index (χ1n) is 8.14. The lowest BCUT2D eigenvalue weighted by Crippen LogP contribution is -2.38. The summed E-state index contributed by atoms with van der Waals surface area (Å²) in [5.74, 6) is 0. The first-order valence-corrected chi connectivity index (χ1v) is 8.14. The van der Waals surface area contributed by atoms with Gasteiger partial charge in [-0.15, -0.1) is 0 Å². The van der Waals surface area contributed by atoms with Crippen LogP contribution in [0.2, 0.25) is 0 Å². The lowest BCUT2D eigenvalue weighted by molar-refractivity contribution is 0.337. The van der Waals surface area contributed by atoms with Gasteiger partial charge in [0, 0.05) is 36.9 Å². The number of hydrogen-bond acceptors (Lipinski definition) is 3. The van der Waals surface area contributed by atoms with Crippen molar-refractivity contribution in [3.05, 3.63) is 29.8 Å². The molecular formula is C18H31N3. The maximum absolute atomic E-state index is 3.54. The zero-order valence-electron chi connectivity index (χ0n) is 14.3. The van der Waals surface area contributed by atoms with Gasteiger partial charge in [0.2, 0.25) is 0 Å². The summed E-state index contributed by atoms with van der Waals surface area (Å²) < 4.78 is 0. The lowest BCUT2D eigenvalue weighted by Gasteiger charge is -2.30. The molecule has 1 atom stereocenters. The van der Waals surface area contributed by atoms with Crippen LogP contribution in [-0.4, -0.2) is 43.2 Å². The molecule has 1 saturated heterocycles. The molecule has 1 aromatic carbocycles. The van der Waals surface area contributed by atoms with E-state index < -0.39 is 0 Å². The molecule has 1 unspecified atom stereocenters. The summed E-state index contributed by atoms with van der Waals surface area (Å²) in [4.78, 5) is 4.98. The Labute approximate surface area is 130 Å². The molecule has 3 heteroatoms. The first-order chi connectivity index (χ1) is 9.85.